The van der Waals surface area contributed by atoms with Crippen LogP contribution < -0.4 is 0 Å². The second-order valence-electron chi connectivity index (χ2n) is 5.93. The lowest BCUT2D eigenvalue weighted by Gasteiger charge is -2.45. The number of fused-ring (bicyclic) bond motifs is 1. The molecule has 2 saturated carbocycles. The third kappa shape index (κ3) is 2.00. The summed E-state index contributed by atoms with van der Waals surface area (Å²) in [6, 6.07) is 0. The monoisotopic (exact) mass is 272 g/mol. The molecule has 2 aliphatic heterocycles. The molecule has 2 heterocycles. The predicted molar refractivity (Wildman–Crippen MR) is 64.1 cm³/mol. The van der Waals surface area contributed by atoms with E-state index in [0.717, 1.165) is 19.3 Å². The van der Waals surface area contributed by atoms with E-state index < -0.39 is 11.0 Å². The Balaban J connectivity index is 1.84. The number of hydrogen-bond donors (Lipinski definition) is 0. The largest absolute Gasteiger partial charge is 0.462 e. The van der Waals surface area contributed by atoms with Crippen molar-refractivity contribution in [3.63, 3.8) is 0 Å². The maximum atomic E-state index is 11.8. The molecule has 4 nitrogen and oxygen atoms in total. The fourth-order valence-electron chi connectivity index (χ4n) is 3.79. The minimum atomic E-state index is -0.643. The number of esters is 2. The molecule has 18 heavy (non-hydrogen) atoms. The molecule has 4 fully saturated rings. The molecule has 100 valence electrons. The number of alkyl halides is 1. The molecular weight excluding hydrogens is 256 g/mol. The first-order valence-electron chi connectivity index (χ1n) is 6.55. The molecule has 0 aromatic heterocycles. The van der Waals surface area contributed by atoms with E-state index in [-0.39, 0.29) is 24.0 Å². The number of hydrogen-bond acceptors (Lipinski definition) is 4. The quantitative estimate of drug-likeness (QED) is 0.570. The zero-order valence-corrected chi connectivity index (χ0v) is 11.1. The van der Waals surface area contributed by atoms with Gasteiger partial charge < -0.3 is 9.47 Å². The Morgan fingerprint density at radius 1 is 1.44 bits per heavy atom. The Labute approximate surface area is 111 Å². The molecule has 4 rings (SSSR count). The Morgan fingerprint density at radius 3 is 2.94 bits per heavy atom. The average Bonchev–Trinajstić information content (AvgIpc) is 2.41. The van der Waals surface area contributed by atoms with Gasteiger partial charge in [0.1, 0.15) is 17.1 Å². The molecule has 2 aliphatic carbocycles. The summed E-state index contributed by atoms with van der Waals surface area (Å²) >= 11 is 5.77. The second kappa shape index (κ2) is 4.12. The van der Waals surface area contributed by atoms with Gasteiger partial charge in [0.05, 0.1) is 5.92 Å². The zero-order chi connectivity index (χ0) is 12.9. The van der Waals surface area contributed by atoms with Crippen LogP contribution in [0.4, 0.5) is 0 Å². The smallest absolute Gasteiger partial charge is 0.324 e. The predicted octanol–water partition coefficient (Wildman–Crippen LogP) is 2.03. The molecule has 0 aromatic carbocycles. The van der Waals surface area contributed by atoms with Crippen molar-refractivity contribution in [2.24, 2.45) is 11.8 Å². The second-order valence-corrected chi connectivity index (χ2v) is 6.58. The number of ether oxygens (including phenoxy) is 2. The van der Waals surface area contributed by atoms with Crippen molar-refractivity contribution in [1.82, 2.24) is 0 Å². The van der Waals surface area contributed by atoms with E-state index >= 15 is 0 Å². The lowest BCUT2D eigenvalue weighted by molar-refractivity contribution is -0.173. The molecule has 5 unspecified atom stereocenters. The molecule has 4 bridgehead atoms. The Morgan fingerprint density at radius 2 is 2.22 bits per heavy atom. The van der Waals surface area contributed by atoms with E-state index in [1.165, 1.54) is 0 Å². The first kappa shape index (κ1) is 12.3. The van der Waals surface area contributed by atoms with Crippen molar-refractivity contribution in [3.05, 3.63) is 0 Å². The van der Waals surface area contributed by atoms with Crippen LogP contribution in [-0.2, 0) is 19.1 Å². The highest BCUT2D eigenvalue weighted by Crippen LogP contribution is 2.51. The van der Waals surface area contributed by atoms with Gasteiger partial charge in [-0.2, -0.15) is 0 Å². The Bertz CT molecular complexity index is 394. The lowest BCUT2D eigenvalue weighted by Crippen LogP contribution is -2.48. The van der Waals surface area contributed by atoms with E-state index in [1.807, 2.05) is 0 Å². The lowest BCUT2D eigenvalue weighted by atomic mass is 9.65. The summed E-state index contributed by atoms with van der Waals surface area (Å²) in [7, 11) is 0. The van der Waals surface area contributed by atoms with Gasteiger partial charge in [-0.25, -0.2) is 0 Å². The summed E-state index contributed by atoms with van der Waals surface area (Å²) < 4.78 is 11.1. The van der Waals surface area contributed by atoms with Crippen LogP contribution in [0.25, 0.3) is 0 Å². The van der Waals surface area contributed by atoms with Gasteiger partial charge in [-0.15, -0.1) is 11.6 Å². The Hall–Kier alpha value is -0.770. The standard InChI is InChI=1S/C13H17ClO4/c1-7(14)11(15)18-13-4-8-2-9(5-13)12(16)17-10(3-8)6-13/h7-10H,2-6H2,1H3. The van der Waals surface area contributed by atoms with Crippen molar-refractivity contribution in [3.8, 4) is 0 Å². The number of carbonyl (C=O) groups excluding carboxylic acids is 2. The third-order valence-corrected chi connectivity index (χ3v) is 4.53. The van der Waals surface area contributed by atoms with Gasteiger partial charge >= 0.3 is 11.9 Å². The van der Waals surface area contributed by atoms with Crippen LogP contribution in [0.15, 0.2) is 0 Å². The average molecular weight is 273 g/mol. The highest BCUT2D eigenvalue weighted by atomic mass is 35.5. The van der Waals surface area contributed by atoms with E-state index in [1.54, 1.807) is 6.92 Å². The summed E-state index contributed by atoms with van der Waals surface area (Å²) in [6.07, 6.45) is 3.81. The third-order valence-electron chi connectivity index (χ3n) is 4.35. The van der Waals surface area contributed by atoms with Crippen LogP contribution in [0.3, 0.4) is 0 Å². The topological polar surface area (TPSA) is 52.6 Å². The van der Waals surface area contributed by atoms with Crippen LogP contribution in [0, 0.1) is 11.8 Å². The molecule has 2 saturated heterocycles. The molecule has 0 amide bonds. The fourth-order valence-corrected chi connectivity index (χ4v) is 3.84. The summed E-state index contributed by atoms with van der Waals surface area (Å²) in [5.74, 6) is -0.160. The van der Waals surface area contributed by atoms with E-state index in [4.69, 9.17) is 21.1 Å². The number of halogens is 1. The van der Waals surface area contributed by atoms with Gasteiger partial charge in [0.2, 0.25) is 0 Å². The maximum absolute atomic E-state index is 11.8. The summed E-state index contributed by atoms with van der Waals surface area (Å²) in [6.45, 7) is 1.61. The van der Waals surface area contributed by atoms with Gasteiger partial charge in [-0.1, -0.05) is 0 Å². The molecule has 0 aromatic rings. The molecule has 5 heteroatoms. The van der Waals surface area contributed by atoms with Crippen LogP contribution in [-0.4, -0.2) is 29.0 Å². The van der Waals surface area contributed by atoms with Crippen LogP contribution in [0.2, 0.25) is 0 Å². The SMILES string of the molecule is CC(Cl)C(=O)OC12CC3CC(C1)OC(=O)C(C3)C2. The van der Waals surface area contributed by atoms with E-state index in [0.29, 0.717) is 18.8 Å². The van der Waals surface area contributed by atoms with Gasteiger partial charge in [-0.05, 0) is 32.1 Å². The van der Waals surface area contributed by atoms with Gasteiger partial charge in [0.25, 0.3) is 0 Å². The minimum absolute atomic E-state index is 0.0813. The molecular formula is C13H17ClO4. The maximum Gasteiger partial charge on any atom is 0.324 e. The summed E-state index contributed by atoms with van der Waals surface area (Å²) in [4.78, 5) is 23.6. The van der Waals surface area contributed by atoms with Crippen molar-refractivity contribution in [2.75, 3.05) is 0 Å². The van der Waals surface area contributed by atoms with Crippen molar-refractivity contribution in [2.45, 2.75) is 56.1 Å². The molecule has 0 spiro atoms. The number of carbonyl (C=O) groups is 2. The van der Waals surface area contributed by atoms with Gasteiger partial charge in [0, 0.05) is 12.8 Å². The van der Waals surface area contributed by atoms with E-state index in [9.17, 15) is 9.59 Å². The van der Waals surface area contributed by atoms with Crippen molar-refractivity contribution >= 4 is 23.5 Å². The van der Waals surface area contributed by atoms with Crippen LogP contribution in [0.1, 0.15) is 39.0 Å². The first-order chi connectivity index (χ1) is 8.47. The molecule has 0 radical (unpaired) electrons. The van der Waals surface area contributed by atoms with Crippen molar-refractivity contribution < 1.29 is 19.1 Å². The summed E-state index contributed by atoms with van der Waals surface area (Å²) in [5, 5.41) is -0.643. The molecule has 0 N–H and O–H groups in total. The minimum Gasteiger partial charge on any atom is -0.462 e. The normalized spacial score (nSPS) is 43.2. The summed E-state index contributed by atoms with van der Waals surface area (Å²) in [5.41, 5.74) is -0.511. The Kier molecular flexibility index (Phi) is 2.81. The highest BCUT2D eigenvalue weighted by Gasteiger charge is 2.54. The fraction of sp³-hybridized carbons (Fsp3) is 0.846. The van der Waals surface area contributed by atoms with Crippen LogP contribution >= 0.6 is 11.6 Å². The van der Waals surface area contributed by atoms with Crippen molar-refractivity contribution in [1.29, 1.82) is 0 Å². The van der Waals surface area contributed by atoms with E-state index in [2.05, 4.69) is 0 Å². The highest BCUT2D eigenvalue weighted by molar-refractivity contribution is 6.29. The first-order valence-corrected chi connectivity index (χ1v) is 6.98. The van der Waals surface area contributed by atoms with Crippen LogP contribution in [0.5, 0.6) is 0 Å². The van der Waals surface area contributed by atoms with Gasteiger partial charge in [0.15, 0.2) is 0 Å². The molecule has 5 atom stereocenters. The van der Waals surface area contributed by atoms with Gasteiger partial charge in [-0.3, -0.25) is 9.59 Å². The zero-order valence-electron chi connectivity index (χ0n) is 10.4. The molecule has 4 aliphatic rings. The number of rotatable bonds is 2.